The lowest BCUT2D eigenvalue weighted by Crippen LogP contribution is -2.65. The topological polar surface area (TPSA) is 191 Å². The molecule has 0 saturated heterocycles. The second-order valence-corrected chi connectivity index (χ2v) is 10.4. The molecule has 6 N–H and O–H groups in total. The molecule has 1 aromatic heterocycles. The summed E-state index contributed by atoms with van der Waals surface area (Å²) in [7, 11) is 3.06. The van der Waals surface area contributed by atoms with E-state index in [1.165, 1.54) is 31.1 Å². The van der Waals surface area contributed by atoms with Crippen LogP contribution in [0.25, 0.3) is 5.76 Å². The molecule has 1 fully saturated rings. The van der Waals surface area contributed by atoms with Crippen LogP contribution in [0.3, 0.4) is 0 Å². The van der Waals surface area contributed by atoms with E-state index in [1.807, 2.05) is 0 Å². The summed E-state index contributed by atoms with van der Waals surface area (Å²) in [6, 6.07) is 6.66. The van der Waals surface area contributed by atoms with E-state index in [1.54, 1.807) is 24.4 Å². The summed E-state index contributed by atoms with van der Waals surface area (Å²) in [4.78, 5) is 58.0. The van der Waals surface area contributed by atoms with E-state index in [0.29, 0.717) is 11.3 Å². The summed E-state index contributed by atoms with van der Waals surface area (Å²) in [6.07, 6.45) is 1.50. The highest BCUT2D eigenvalue weighted by atomic mass is 16.3. The molecule has 0 radical (unpaired) electrons. The molecule has 5 rings (SSSR count). The minimum Gasteiger partial charge on any atom is -0.508 e. The fourth-order valence-electron chi connectivity index (χ4n) is 6.27. The Morgan fingerprint density at radius 1 is 1.13 bits per heavy atom. The monoisotopic (exact) mass is 533 g/mol. The number of pyridine rings is 1. The highest BCUT2D eigenvalue weighted by molar-refractivity contribution is 6.24. The highest BCUT2D eigenvalue weighted by Gasteiger charge is 2.64. The van der Waals surface area contributed by atoms with Gasteiger partial charge in [-0.2, -0.15) is 0 Å². The number of aromatic hydroxyl groups is 1. The zero-order valence-electron chi connectivity index (χ0n) is 21.2. The van der Waals surface area contributed by atoms with E-state index in [2.05, 4.69) is 4.98 Å². The first kappa shape index (κ1) is 26.3. The van der Waals surface area contributed by atoms with E-state index in [-0.39, 0.29) is 47.5 Å². The molecule has 39 heavy (non-hydrogen) atoms. The number of ketones is 3. The fourth-order valence-corrected chi connectivity index (χ4v) is 6.27. The number of phenols is 1. The van der Waals surface area contributed by atoms with E-state index < -0.39 is 58.0 Å². The van der Waals surface area contributed by atoms with Crippen molar-refractivity contribution >= 4 is 29.0 Å². The number of hydrogen-bond donors (Lipinski definition) is 5. The van der Waals surface area contributed by atoms with Gasteiger partial charge in [0.25, 0.3) is 5.91 Å². The van der Waals surface area contributed by atoms with Crippen molar-refractivity contribution in [2.45, 2.75) is 30.9 Å². The van der Waals surface area contributed by atoms with Gasteiger partial charge in [0.05, 0.1) is 18.0 Å². The molecule has 202 valence electrons. The molecule has 0 spiro atoms. The molecule has 0 unspecified atom stereocenters. The standard InChI is InChI=1S/C28H27N3O8/c1-31(2)22-16-10-12-9-15-14(18(33)11-13-5-3-4-8-30-13)6-7-17(32)20(15)23(34)19(12)25(36)28(16,39)26(37)21(24(22)35)27(29)38/h3-8,12,16,22,32,34,37,39H,9-11H2,1-2H3,(H2,29,38)/t12-,16-,22+,28-/m0/s1. The van der Waals surface area contributed by atoms with Crippen LogP contribution in [-0.2, 0) is 27.2 Å². The van der Waals surface area contributed by atoms with Gasteiger partial charge in [-0.1, -0.05) is 6.07 Å². The van der Waals surface area contributed by atoms with Crippen LogP contribution in [0.1, 0.15) is 33.6 Å². The Morgan fingerprint density at radius 2 is 1.85 bits per heavy atom. The maximum absolute atomic E-state index is 13.9. The van der Waals surface area contributed by atoms with Gasteiger partial charge in [-0.05, 0) is 62.7 Å². The van der Waals surface area contributed by atoms with Crippen LogP contribution in [-0.4, -0.2) is 79.3 Å². The van der Waals surface area contributed by atoms with Gasteiger partial charge in [0.1, 0.15) is 22.8 Å². The molecule has 11 nitrogen and oxygen atoms in total. The van der Waals surface area contributed by atoms with Crippen LogP contribution in [0.2, 0.25) is 0 Å². The molecular formula is C28H27N3O8. The average Bonchev–Trinajstić information content (AvgIpc) is 2.86. The maximum Gasteiger partial charge on any atom is 0.255 e. The molecule has 3 aliphatic carbocycles. The first-order chi connectivity index (χ1) is 18.4. The molecule has 1 heterocycles. The molecule has 11 heteroatoms. The summed E-state index contributed by atoms with van der Waals surface area (Å²) in [5, 5.41) is 44.5. The number of fused-ring (bicyclic) bond motifs is 3. The van der Waals surface area contributed by atoms with Crippen LogP contribution >= 0.6 is 0 Å². The van der Waals surface area contributed by atoms with Crippen LogP contribution in [0.4, 0.5) is 0 Å². The fraction of sp³-hybridized carbons (Fsp3) is 0.321. The third-order valence-corrected chi connectivity index (χ3v) is 7.97. The van der Waals surface area contributed by atoms with Gasteiger partial charge >= 0.3 is 0 Å². The Hall–Kier alpha value is -4.35. The summed E-state index contributed by atoms with van der Waals surface area (Å²) in [6.45, 7) is 0. The van der Waals surface area contributed by atoms with Crippen molar-refractivity contribution in [2.75, 3.05) is 14.1 Å². The van der Waals surface area contributed by atoms with Crippen LogP contribution in [0, 0.1) is 11.8 Å². The number of nitrogens with zero attached hydrogens (tertiary/aromatic N) is 2. The van der Waals surface area contributed by atoms with Crippen molar-refractivity contribution in [1.82, 2.24) is 9.88 Å². The first-order valence-corrected chi connectivity index (χ1v) is 12.3. The number of primary amides is 1. The van der Waals surface area contributed by atoms with Gasteiger partial charge in [0, 0.05) is 28.9 Å². The summed E-state index contributed by atoms with van der Waals surface area (Å²) < 4.78 is 0. The van der Waals surface area contributed by atoms with E-state index in [0.717, 1.165) is 0 Å². The zero-order chi connectivity index (χ0) is 28.4. The molecule has 4 atom stereocenters. The third-order valence-electron chi connectivity index (χ3n) is 7.97. The van der Waals surface area contributed by atoms with Gasteiger partial charge in [-0.3, -0.25) is 29.1 Å². The van der Waals surface area contributed by atoms with Gasteiger partial charge in [-0.25, -0.2) is 0 Å². The number of phenolic OH excluding ortho intramolecular Hbond substituents is 1. The van der Waals surface area contributed by atoms with E-state index in [4.69, 9.17) is 5.73 Å². The van der Waals surface area contributed by atoms with Gasteiger partial charge in [0.15, 0.2) is 17.2 Å². The van der Waals surface area contributed by atoms with Crippen molar-refractivity contribution in [2.24, 2.45) is 17.6 Å². The number of amides is 1. The second-order valence-electron chi connectivity index (χ2n) is 10.4. The molecule has 1 amide bonds. The summed E-state index contributed by atoms with van der Waals surface area (Å²) in [5.41, 5.74) is 2.42. The van der Waals surface area contributed by atoms with Gasteiger partial charge < -0.3 is 26.2 Å². The van der Waals surface area contributed by atoms with Crippen LogP contribution < -0.4 is 5.73 Å². The number of hydrogen-bond acceptors (Lipinski definition) is 10. The third kappa shape index (κ3) is 3.76. The van der Waals surface area contributed by atoms with Gasteiger partial charge in [-0.15, -0.1) is 0 Å². The van der Waals surface area contributed by atoms with E-state index >= 15 is 0 Å². The number of aromatic nitrogens is 1. The largest absolute Gasteiger partial charge is 0.508 e. The van der Waals surface area contributed by atoms with Gasteiger partial charge in [0.2, 0.25) is 5.78 Å². The Bertz CT molecular complexity index is 1510. The van der Waals surface area contributed by atoms with Crippen LogP contribution in [0.15, 0.2) is 53.4 Å². The minimum atomic E-state index is -2.72. The number of aliphatic hydroxyl groups excluding tert-OH is 2. The molecule has 0 aliphatic heterocycles. The second kappa shape index (κ2) is 9.14. The van der Waals surface area contributed by atoms with Crippen molar-refractivity contribution < 1.29 is 39.6 Å². The smallest absolute Gasteiger partial charge is 0.255 e. The molecule has 1 saturated carbocycles. The van der Waals surface area contributed by atoms with Crippen molar-refractivity contribution in [3.8, 4) is 5.75 Å². The predicted octanol–water partition coefficient (Wildman–Crippen LogP) is 0.784. The first-order valence-electron chi connectivity index (χ1n) is 12.3. The van der Waals surface area contributed by atoms with E-state index in [9.17, 15) is 39.6 Å². The Labute approximate surface area is 222 Å². The minimum absolute atomic E-state index is 0.0340. The Morgan fingerprint density at radius 3 is 2.46 bits per heavy atom. The predicted molar refractivity (Wildman–Crippen MR) is 137 cm³/mol. The van der Waals surface area contributed by atoms with Crippen molar-refractivity contribution in [1.29, 1.82) is 0 Å². The normalized spacial score (nSPS) is 26.3. The number of likely N-dealkylation sites (N-methyl/N-ethyl adjacent to an activating group) is 1. The number of Topliss-reactive ketones (excluding diaryl/α,β-unsaturated/α-hetero) is 3. The summed E-state index contributed by atoms with van der Waals surface area (Å²) in [5.74, 6) is -7.68. The number of aliphatic hydroxyl groups is 3. The molecule has 2 aromatic rings. The van der Waals surface area contributed by atoms with Crippen molar-refractivity contribution in [3.63, 3.8) is 0 Å². The number of nitrogens with two attached hydrogens (primary N) is 1. The SMILES string of the molecule is CN(C)[C@H]1C(=O)C(C(N)=O)=C(O)[C@@]2(O)C(=O)C3=C(O)c4c(O)ccc(C(=O)Cc5ccccn5)c4C[C@H]3C[C@@H]12. The maximum atomic E-state index is 13.9. The number of carbonyl (C=O) groups excluding carboxylic acids is 4. The molecule has 3 aliphatic rings. The average molecular weight is 534 g/mol. The van der Waals surface area contributed by atoms with Crippen molar-refractivity contribution in [3.05, 3.63) is 75.8 Å². The Kier molecular flexibility index (Phi) is 6.15. The number of carbonyl (C=O) groups is 4. The highest BCUT2D eigenvalue weighted by Crippen LogP contribution is 2.53. The van der Waals surface area contributed by atoms with Crippen LogP contribution in [0.5, 0.6) is 5.75 Å². The lowest BCUT2D eigenvalue weighted by Gasteiger charge is -2.50. The number of rotatable bonds is 5. The molecule has 0 bridgehead atoms. The lowest BCUT2D eigenvalue weighted by molar-refractivity contribution is -0.153. The Balaban J connectivity index is 1.66. The zero-order valence-corrected chi connectivity index (χ0v) is 21.2. The molecule has 1 aromatic carbocycles. The lowest BCUT2D eigenvalue weighted by atomic mass is 9.57. The molecular weight excluding hydrogens is 506 g/mol. The number of benzene rings is 1. The summed E-state index contributed by atoms with van der Waals surface area (Å²) >= 11 is 0. The quantitative estimate of drug-likeness (QED) is 0.271.